The molecule has 2 aliphatic heterocycles. The lowest BCUT2D eigenvalue weighted by atomic mass is 9.85. The molecule has 2 aromatic rings. The zero-order valence-corrected chi connectivity index (χ0v) is 19.9. The predicted octanol–water partition coefficient (Wildman–Crippen LogP) is 3.39. The first kappa shape index (κ1) is 24.0. The predicted molar refractivity (Wildman–Crippen MR) is 128 cm³/mol. The number of rotatable bonds is 4. The van der Waals surface area contributed by atoms with E-state index in [4.69, 9.17) is 16.6 Å². The van der Waals surface area contributed by atoms with Gasteiger partial charge in [-0.3, -0.25) is 4.99 Å². The number of amidine groups is 1. The van der Waals surface area contributed by atoms with E-state index < -0.39 is 10.0 Å². The molecule has 31 heavy (non-hydrogen) atoms. The van der Waals surface area contributed by atoms with Crippen LogP contribution in [-0.2, 0) is 16.6 Å². The molecule has 2 heterocycles. The molecule has 4 rings (SSSR count). The first-order chi connectivity index (χ1) is 14.4. The van der Waals surface area contributed by atoms with E-state index >= 15 is 0 Å². The largest absolute Gasteiger partial charge is 0.368 e. The second-order valence-corrected chi connectivity index (χ2v) is 10.2. The number of sulfonamides is 1. The average Bonchev–Trinajstić information content (AvgIpc) is 2.75. The summed E-state index contributed by atoms with van der Waals surface area (Å²) in [6.07, 6.45) is 1.37. The third-order valence-corrected chi connectivity index (χ3v) is 8.27. The lowest BCUT2D eigenvalue weighted by molar-refractivity contribution is 0.241. The molecule has 168 valence electrons. The molecule has 0 radical (unpaired) electrons. The van der Waals surface area contributed by atoms with Crippen LogP contribution in [0.4, 0.5) is 0 Å². The normalized spacial score (nSPS) is 18.8. The number of benzene rings is 2. The summed E-state index contributed by atoms with van der Waals surface area (Å²) in [7, 11) is -3.49. The number of piperidine rings is 1. The quantitative estimate of drug-likeness (QED) is 0.700. The molecule has 0 atom stereocenters. The zero-order valence-electron chi connectivity index (χ0n) is 17.5. The highest BCUT2D eigenvalue weighted by Gasteiger charge is 2.43. The van der Waals surface area contributed by atoms with Crippen LogP contribution in [-0.4, -0.2) is 50.3 Å². The van der Waals surface area contributed by atoms with Crippen molar-refractivity contribution in [2.45, 2.75) is 36.7 Å². The van der Waals surface area contributed by atoms with Crippen molar-refractivity contribution in [2.24, 2.45) is 4.99 Å². The van der Waals surface area contributed by atoms with Gasteiger partial charge < -0.3 is 10.6 Å². The van der Waals surface area contributed by atoms with Gasteiger partial charge in [0.25, 0.3) is 0 Å². The Labute approximate surface area is 195 Å². The Hall–Kier alpha value is -1.64. The van der Waals surface area contributed by atoms with Gasteiger partial charge in [-0.05, 0) is 49.1 Å². The van der Waals surface area contributed by atoms with E-state index in [2.05, 4.69) is 10.6 Å². The molecule has 0 bridgehead atoms. The fourth-order valence-electron chi connectivity index (χ4n) is 4.22. The summed E-state index contributed by atoms with van der Waals surface area (Å²) in [6, 6.07) is 14.9. The van der Waals surface area contributed by atoms with E-state index in [1.807, 2.05) is 43.3 Å². The minimum atomic E-state index is -3.49. The van der Waals surface area contributed by atoms with Crippen LogP contribution < -0.4 is 10.6 Å². The molecule has 2 aromatic carbocycles. The molecule has 9 heteroatoms. The summed E-state index contributed by atoms with van der Waals surface area (Å²) >= 11 is 5.97. The summed E-state index contributed by atoms with van der Waals surface area (Å²) in [6.45, 7) is 4.94. The summed E-state index contributed by atoms with van der Waals surface area (Å²) in [5.74, 6) is 0.927. The topological polar surface area (TPSA) is 73.8 Å². The molecule has 1 saturated heterocycles. The van der Waals surface area contributed by atoms with Crippen LogP contribution in [0.5, 0.6) is 0 Å². The molecule has 0 saturated carbocycles. The SMILES string of the molecule is Cc1ccccc1S(=O)(=O)N1CCC2(CC1)NCCN=C2NCc1ccc(Cl)cc1.Cl. The van der Waals surface area contributed by atoms with Gasteiger partial charge in [-0.2, -0.15) is 4.31 Å². The van der Waals surface area contributed by atoms with Crippen molar-refractivity contribution < 1.29 is 8.42 Å². The van der Waals surface area contributed by atoms with Gasteiger partial charge >= 0.3 is 0 Å². The van der Waals surface area contributed by atoms with Crippen molar-refractivity contribution >= 4 is 39.9 Å². The van der Waals surface area contributed by atoms with Gasteiger partial charge in [-0.15, -0.1) is 12.4 Å². The Morgan fingerprint density at radius 1 is 1.13 bits per heavy atom. The highest BCUT2D eigenvalue weighted by Crippen LogP contribution is 2.29. The van der Waals surface area contributed by atoms with E-state index in [0.717, 1.165) is 30.1 Å². The van der Waals surface area contributed by atoms with Gasteiger partial charge in [-0.25, -0.2) is 8.42 Å². The molecule has 0 unspecified atom stereocenters. The molecule has 0 aliphatic carbocycles. The first-order valence-corrected chi connectivity index (χ1v) is 12.1. The van der Waals surface area contributed by atoms with Gasteiger partial charge in [0.2, 0.25) is 10.0 Å². The number of aryl methyl sites for hydroxylation is 1. The number of nitrogens with one attached hydrogen (secondary N) is 2. The summed E-state index contributed by atoms with van der Waals surface area (Å²) < 4.78 is 27.9. The van der Waals surface area contributed by atoms with Crippen molar-refractivity contribution in [2.75, 3.05) is 26.2 Å². The van der Waals surface area contributed by atoms with Crippen molar-refractivity contribution in [1.82, 2.24) is 14.9 Å². The van der Waals surface area contributed by atoms with Gasteiger partial charge in [0.05, 0.1) is 17.0 Å². The molecule has 6 nitrogen and oxygen atoms in total. The summed E-state index contributed by atoms with van der Waals surface area (Å²) in [5, 5.41) is 7.82. The Morgan fingerprint density at radius 3 is 2.48 bits per heavy atom. The summed E-state index contributed by atoms with van der Waals surface area (Å²) in [4.78, 5) is 5.14. The second-order valence-electron chi connectivity index (χ2n) is 7.89. The highest BCUT2D eigenvalue weighted by atomic mass is 35.5. The van der Waals surface area contributed by atoms with E-state index in [-0.39, 0.29) is 17.9 Å². The monoisotopic (exact) mass is 482 g/mol. The van der Waals surface area contributed by atoms with E-state index in [1.165, 1.54) is 0 Å². The third-order valence-electron chi connectivity index (χ3n) is 5.96. The molecule has 1 fully saturated rings. The minimum Gasteiger partial charge on any atom is -0.368 e. The van der Waals surface area contributed by atoms with Crippen LogP contribution in [0.1, 0.15) is 24.0 Å². The van der Waals surface area contributed by atoms with Crippen molar-refractivity contribution in [1.29, 1.82) is 0 Å². The van der Waals surface area contributed by atoms with Gasteiger partial charge in [0, 0.05) is 31.2 Å². The van der Waals surface area contributed by atoms with Crippen LogP contribution in [0.15, 0.2) is 58.4 Å². The molecule has 2 N–H and O–H groups in total. The van der Waals surface area contributed by atoms with Crippen LogP contribution in [0.25, 0.3) is 0 Å². The maximum atomic E-state index is 13.1. The molecule has 0 aromatic heterocycles. The average molecular weight is 483 g/mol. The van der Waals surface area contributed by atoms with Gasteiger partial charge in [-0.1, -0.05) is 41.9 Å². The zero-order chi connectivity index (χ0) is 21.2. The number of hydrogen-bond donors (Lipinski definition) is 2. The third kappa shape index (κ3) is 5.07. The van der Waals surface area contributed by atoms with Gasteiger partial charge in [0.1, 0.15) is 5.84 Å². The number of aliphatic imine (C=N–C) groups is 1. The highest BCUT2D eigenvalue weighted by molar-refractivity contribution is 7.89. The fourth-order valence-corrected chi connectivity index (χ4v) is 6.01. The van der Waals surface area contributed by atoms with Crippen molar-refractivity contribution in [3.63, 3.8) is 0 Å². The van der Waals surface area contributed by atoms with Gasteiger partial charge in [0.15, 0.2) is 0 Å². The fraction of sp³-hybridized carbons (Fsp3) is 0.409. The second kappa shape index (κ2) is 9.88. The van der Waals surface area contributed by atoms with Crippen LogP contribution in [0, 0.1) is 6.92 Å². The Kier molecular flexibility index (Phi) is 7.65. The molecule has 0 amide bonds. The Bertz CT molecular complexity index is 1030. The Balaban J connectivity index is 0.00000272. The van der Waals surface area contributed by atoms with E-state index in [1.54, 1.807) is 16.4 Å². The van der Waals surface area contributed by atoms with Crippen molar-refractivity contribution in [3.8, 4) is 0 Å². The van der Waals surface area contributed by atoms with Crippen LogP contribution in [0.2, 0.25) is 5.02 Å². The number of halogens is 2. The van der Waals surface area contributed by atoms with E-state index in [0.29, 0.717) is 42.4 Å². The summed E-state index contributed by atoms with van der Waals surface area (Å²) in [5.41, 5.74) is 1.60. The lowest BCUT2D eigenvalue weighted by Gasteiger charge is -2.44. The number of hydrogen-bond acceptors (Lipinski definition) is 5. The van der Waals surface area contributed by atoms with Crippen LogP contribution >= 0.6 is 24.0 Å². The molecule has 1 spiro atoms. The van der Waals surface area contributed by atoms with E-state index in [9.17, 15) is 8.42 Å². The first-order valence-electron chi connectivity index (χ1n) is 10.2. The maximum Gasteiger partial charge on any atom is 0.243 e. The molecule has 2 aliphatic rings. The Morgan fingerprint density at radius 2 is 1.81 bits per heavy atom. The smallest absolute Gasteiger partial charge is 0.243 e. The lowest BCUT2D eigenvalue weighted by Crippen LogP contribution is -2.64. The molecular weight excluding hydrogens is 455 g/mol. The van der Waals surface area contributed by atoms with Crippen LogP contribution in [0.3, 0.4) is 0 Å². The standard InChI is InChI=1S/C22H27ClN4O2S.ClH/c1-17-4-2-3-5-20(17)30(28,29)27-14-10-22(11-15-27)21(24-12-13-26-22)25-16-18-6-8-19(23)9-7-18;/h2-9,26H,10-16H2,1H3,(H,24,25);1H. The number of nitrogens with zero attached hydrogens (tertiary/aromatic N) is 2. The molecular formula is C22H28Cl2N4O2S. The maximum absolute atomic E-state index is 13.1. The van der Waals surface area contributed by atoms with Crippen molar-refractivity contribution in [3.05, 3.63) is 64.7 Å². The minimum absolute atomic E-state index is 0.